The highest BCUT2D eigenvalue weighted by Crippen LogP contribution is 2.10. The van der Waals surface area contributed by atoms with E-state index in [4.69, 9.17) is 0 Å². The molecule has 1 aromatic carbocycles. The molecule has 1 nitrogen and oxygen atoms in total. The van der Waals surface area contributed by atoms with E-state index in [1.165, 1.54) is 45.6 Å². The Kier molecular flexibility index (Phi) is 31.7. The van der Waals surface area contributed by atoms with Crippen molar-refractivity contribution in [3.8, 4) is 0 Å². The van der Waals surface area contributed by atoms with Gasteiger partial charge in [-0.15, -0.1) is 0 Å². The van der Waals surface area contributed by atoms with Crippen LogP contribution in [0.2, 0.25) is 0 Å². The van der Waals surface area contributed by atoms with Crippen molar-refractivity contribution in [3.05, 3.63) is 35.1 Å². The number of carbonyl (C=O) groups excluding carboxylic acids is 1. The summed E-state index contributed by atoms with van der Waals surface area (Å²) >= 11 is 0. The minimum Gasteiger partial charge on any atom is -0.300 e. The molecule has 0 saturated heterocycles. The van der Waals surface area contributed by atoms with Crippen LogP contribution in [-0.2, 0) is 4.79 Å². The molecular weight excluding hydrogens is 311 g/mol. The van der Waals surface area contributed by atoms with Crippen molar-refractivity contribution < 1.29 is 9.18 Å². The third-order valence-corrected chi connectivity index (χ3v) is 2.88. The van der Waals surface area contributed by atoms with E-state index in [1.54, 1.807) is 13.0 Å². The Balaban J connectivity index is -0.000000126. The normalized spacial score (nSPS) is 8.36. The lowest BCUT2D eigenvalue weighted by atomic mass is 10.0. The highest BCUT2D eigenvalue weighted by Gasteiger charge is 1.95. The van der Waals surface area contributed by atoms with Crippen LogP contribution in [0.15, 0.2) is 18.2 Å². The maximum absolute atomic E-state index is 12.5. The van der Waals surface area contributed by atoms with Crippen molar-refractivity contribution in [1.29, 1.82) is 0 Å². The van der Waals surface area contributed by atoms with Gasteiger partial charge in [-0.25, -0.2) is 4.39 Å². The Morgan fingerprint density at radius 3 is 1.56 bits per heavy atom. The summed E-state index contributed by atoms with van der Waals surface area (Å²) in [5, 5.41) is 0. The van der Waals surface area contributed by atoms with Crippen molar-refractivity contribution in [2.24, 2.45) is 5.92 Å². The summed E-state index contributed by atoms with van der Waals surface area (Å²) in [6, 6.07) is 5.09. The zero-order valence-corrected chi connectivity index (χ0v) is 18.9. The fraction of sp³-hybridized carbons (Fsp3) is 0.696. The topological polar surface area (TPSA) is 17.1 Å². The van der Waals surface area contributed by atoms with E-state index >= 15 is 0 Å². The van der Waals surface area contributed by atoms with Crippen LogP contribution in [0.4, 0.5) is 4.39 Å². The Hall–Kier alpha value is -1.18. The van der Waals surface area contributed by atoms with E-state index in [2.05, 4.69) is 20.8 Å². The molecule has 1 rings (SSSR count). The first-order chi connectivity index (χ1) is 11.7. The number of Topliss-reactive ketones (excluding diaryl/α,β-unsaturated/α-hetero) is 1. The van der Waals surface area contributed by atoms with Crippen LogP contribution in [-0.4, -0.2) is 5.78 Å². The van der Waals surface area contributed by atoms with Crippen LogP contribution < -0.4 is 0 Å². The molecule has 0 radical (unpaired) electrons. The minimum absolute atomic E-state index is 0.124. The molecule has 25 heavy (non-hydrogen) atoms. The van der Waals surface area contributed by atoms with Crippen LogP contribution in [0.1, 0.15) is 99.1 Å². The van der Waals surface area contributed by atoms with Gasteiger partial charge in [0.05, 0.1) is 0 Å². The molecule has 0 aliphatic carbocycles. The minimum atomic E-state index is -0.124. The number of aryl methyl sites for hydroxylation is 2. The van der Waals surface area contributed by atoms with Gasteiger partial charge in [-0.2, -0.15) is 0 Å². The second-order valence-electron chi connectivity index (χ2n) is 5.84. The second-order valence-corrected chi connectivity index (χ2v) is 5.84. The molecule has 0 saturated carbocycles. The maximum atomic E-state index is 12.5. The molecule has 0 unspecified atom stereocenters. The van der Waals surface area contributed by atoms with E-state index in [9.17, 15) is 9.18 Å². The standard InChI is InChI=1S/C8H9F.C8H18.C3H6O.2C2H6/c1-6-3-4-8(9)7(2)5-6;1-4-6-8(3)7-5-2;1-3(2)4;2*1-2/h3-5H,1-2H3;8H,4-7H2,1-3H3;1-2H3;2*1-2H3. The third-order valence-electron chi connectivity index (χ3n) is 2.88. The molecular formula is C23H45FO. The van der Waals surface area contributed by atoms with Gasteiger partial charge in [0.1, 0.15) is 11.6 Å². The number of ketones is 1. The summed E-state index contributed by atoms with van der Waals surface area (Å²) in [4.78, 5) is 9.44. The summed E-state index contributed by atoms with van der Waals surface area (Å²) in [5.41, 5.74) is 1.82. The first-order valence-corrected chi connectivity index (χ1v) is 9.94. The van der Waals surface area contributed by atoms with Gasteiger partial charge in [0.25, 0.3) is 0 Å². The second kappa shape index (κ2) is 25.1. The third kappa shape index (κ3) is 31.2. The molecule has 0 aliphatic rings. The summed E-state index contributed by atoms with van der Waals surface area (Å²) in [6.45, 7) is 21.6. The number of hydrogen-bond acceptors (Lipinski definition) is 1. The van der Waals surface area contributed by atoms with E-state index in [-0.39, 0.29) is 11.6 Å². The zero-order chi connectivity index (χ0) is 20.8. The van der Waals surface area contributed by atoms with Crippen molar-refractivity contribution in [1.82, 2.24) is 0 Å². The molecule has 0 spiro atoms. The van der Waals surface area contributed by atoms with E-state index in [0.717, 1.165) is 17.0 Å². The summed E-state index contributed by atoms with van der Waals surface area (Å²) < 4.78 is 12.5. The quantitative estimate of drug-likeness (QED) is 0.530. The van der Waals surface area contributed by atoms with Gasteiger partial charge in [-0.1, -0.05) is 91.8 Å². The van der Waals surface area contributed by atoms with Crippen LogP contribution in [0, 0.1) is 25.6 Å². The number of halogens is 1. The van der Waals surface area contributed by atoms with Gasteiger partial charge in [-0.05, 0) is 45.2 Å². The van der Waals surface area contributed by atoms with Crippen LogP contribution in [0.5, 0.6) is 0 Å². The molecule has 0 N–H and O–H groups in total. The number of carbonyl (C=O) groups is 1. The molecule has 0 fully saturated rings. The highest BCUT2D eigenvalue weighted by molar-refractivity contribution is 5.72. The van der Waals surface area contributed by atoms with Crippen molar-refractivity contribution in [3.63, 3.8) is 0 Å². The number of hydrogen-bond donors (Lipinski definition) is 0. The molecule has 0 amide bonds. The Morgan fingerprint density at radius 1 is 0.960 bits per heavy atom. The van der Waals surface area contributed by atoms with Crippen LogP contribution in [0.25, 0.3) is 0 Å². The van der Waals surface area contributed by atoms with Crippen molar-refractivity contribution in [2.45, 2.75) is 102 Å². The largest absolute Gasteiger partial charge is 0.300 e. The zero-order valence-electron chi connectivity index (χ0n) is 18.9. The molecule has 0 atom stereocenters. The molecule has 2 heteroatoms. The lowest BCUT2D eigenvalue weighted by Gasteiger charge is -2.05. The van der Waals surface area contributed by atoms with E-state index < -0.39 is 0 Å². The molecule has 0 heterocycles. The Labute approximate surface area is 158 Å². The average Bonchev–Trinajstić information content (AvgIpc) is 2.56. The van der Waals surface area contributed by atoms with Gasteiger partial charge < -0.3 is 4.79 Å². The monoisotopic (exact) mass is 356 g/mol. The van der Waals surface area contributed by atoms with Crippen LogP contribution in [0.3, 0.4) is 0 Å². The van der Waals surface area contributed by atoms with Gasteiger partial charge in [0.15, 0.2) is 0 Å². The number of benzene rings is 1. The van der Waals surface area contributed by atoms with Crippen molar-refractivity contribution in [2.75, 3.05) is 0 Å². The number of rotatable bonds is 4. The molecule has 150 valence electrons. The van der Waals surface area contributed by atoms with Gasteiger partial charge in [-0.3, -0.25) is 0 Å². The molecule has 0 bridgehead atoms. The molecule has 0 aliphatic heterocycles. The highest BCUT2D eigenvalue weighted by atomic mass is 19.1. The summed E-state index contributed by atoms with van der Waals surface area (Å²) in [6.07, 6.45) is 5.52. The predicted molar refractivity (Wildman–Crippen MR) is 114 cm³/mol. The summed E-state index contributed by atoms with van der Waals surface area (Å²) in [5.74, 6) is 1.01. The molecule has 1 aromatic rings. The van der Waals surface area contributed by atoms with Gasteiger partial charge in [0, 0.05) is 0 Å². The fourth-order valence-electron chi connectivity index (χ4n) is 1.92. The lowest BCUT2D eigenvalue weighted by Crippen LogP contribution is -1.91. The van der Waals surface area contributed by atoms with Crippen molar-refractivity contribution >= 4 is 5.78 Å². The maximum Gasteiger partial charge on any atom is 0.126 e. The molecule has 0 aromatic heterocycles. The average molecular weight is 357 g/mol. The van der Waals surface area contributed by atoms with Crippen LogP contribution >= 0.6 is 0 Å². The first-order valence-electron chi connectivity index (χ1n) is 9.94. The van der Waals surface area contributed by atoms with E-state index in [0.29, 0.717) is 0 Å². The lowest BCUT2D eigenvalue weighted by molar-refractivity contribution is -0.114. The van der Waals surface area contributed by atoms with E-state index in [1.807, 2.05) is 40.7 Å². The smallest absolute Gasteiger partial charge is 0.126 e. The Bertz CT molecular complexity index is 376. The SMILES string of the molecule is CC.CC.CC(C)=O.CCCC(C)CCC.Cc1ccc(F)c(C)c1. The first kappa shape index (κ1) is 31.6. The van der Waals surface area contributed by atoms with Gasteiger partial charge in [0.2, 0.25) is 0 Å². The predicted octanol–water partition coefficient (Wildman–Crippen LogP) is 8.31. The Morgan fingerprint density at radius 2 is 1.32 bits per heavy atom. The summed E-state index contributed by atoms with van der Waals surface area (Å²) in [7, 11) is 0. The fourth-order valence-corrected chi connectivity index (χ4v) is 1.92. The van der Waals surface area contributed by atoms with Gasteiger partial charge >= 0.3 is 0 Å².